The van der Waals surface area contributed by atoms with E-state index < -0.39 is 33.7 Å². The van der Waals surface area contributed by atoms with Crippen LogP contribution in [0.4, 0.5) is 5.69 Å². The number of hydrogen-bond acceptors (Lipinski definition) is 4. The van der Waals surface area contributed by atoms with Crippen LogP contribution in [0.1, 0.15) is 19.4 Å². The Balaban J connectivity index is 3.03. The van der Waals surface area contributed by atoms with Crippen LogP contribution in [-0.2, 0) is 19.6 Å². The number of sulfonamides is 1. The molecule has 1 amide bonds. The highest BCUT2D eigenvalue weighted by Gasteiger charge is 2.26. The molecule has 0 aliphatic rings. The molecule has 0 saturated carbocycles. The maximum absolute atomic E-state index is 12.0. The number of nitrogens with two attached hydrogens (primary N) is 1. The predicted molar refractivity (Wildman–Crippen MR) is 77.1 cm³/mol. The van der Waals surface area contributed by atoms with Crippen molar-refractivity contribution in [3.8, 4) is 0 Å². The van der Waals surface area contributed by atoms with Gasteiger partial charge in [0.2, 0.25) is 15.9 Å². The van der Waals surface area contributed by atoms with E-state index in [0.717, 1.165) is 0 Å². The molecule has 1 aromatic carbocycles. The van der Waals surface area contributed by atoms with Gasteiger partial charge in [-0.2, -0.15) is 0 Å². The molecule has 1 rings (SSSR count). The number of rotatable bonds is 5. The second-order valence-electron chi connectivity index (χ2n) is 4.93. The molecule has 116 valence electrons. The van der Waals surface area contributed by atoms with Gasteiger partial charge in [0, 0.05) is 11.6 Å². The molecular weight excluding hydrogens is 296 g/mol. The molecule has 1 aromatic rings. The first kappa shape index (κ1) is 17.1. The number of benzene rings is 1. The fourth-order valence-corrected chi connectivity index (χ4v) is 2.14. The lowest BCUT2D eigenvalue weighted by Crippen LogP contribution is -2.30. The monoisotopic (exact) mass is 314 g/mol. The van der Waals surface area contributed by atoms with Gasteiger partial charge >= 0.3 is 5.97 Å². The lowest BCUT2D eigenvalue weighted by molar-refractivity contribution is -0.145. The van der Waals surface area contributed by atoms with E-state index >= 15 is 0 Å². The molecule has 2 atom stereocenters. The van der Waals surface area contributed by atoms with Gasteiger partial charge in [-0.25, -0.2) is 13.6 Å². The Bertz CT molecular complexity index is 669. The van der Waals surface area contributed by atoms with Crippen LogP contribution < -0.4 is 10.5 Å². The fourth-order valence-electron chi connectivity index (χ4n) is 1.60. The highest BCUT2D eigenvalue weighted by molar-refractivity contribution is 7.89. The molecule has 21 heavy (non-hydrogen) atoms. The van der Waals surface area contributed by atoms with E-state index in [0.29, 0.717) is 5.56 Å². The first-order valence-electron chi connectivity index (χ1n) is 6.21. The SMILES string of the molecule is Cc1ccc(S(N)(=O)=O)cc1NC(=O)C(C)C(C)C(=O)O. The minimum absolute atomic E-state index is 0.123. The van der Waals surface area contributed by atoms with Crippen molar-refractivity contribution in [3.63, 3.8) is 0 Å². The molecule has 7 nitrogen and oxygen atoms in total. The van der Waals surface area contributed by atoms with Crippen LogP contribution in [0, 0.1) is 18.8 Å². The Kier molecular flexibility index (Phi) is 5.08. The summed E-state index contributed by atoms with van der Waals surface area (Å²) in [6.07, 6.45) is 0. The molecule has 8 heteroatoms. The topological polar surface area (TPSA) is 127 Å². The van der Waals surface area contributed by atoms with Crippen LogP contribution in [0.5, 0.6) is 0 Å². The number of aliphatic carboxylic acids is 1. The number of amides is 1. The van der Waals surface area contributed by atoms with Gasteiger partial charge in [0.15, 0.2) is 0 Å². The van der Waals surface area contributed by atoms with Gasteiger partial charge < -0.3 is 10.4 Å². The number of hydrogen-bond donors (Lipinski definition) is 3. The van der Waals surface area contributed by atoms with Crippen LogP contribution in [0.15, 0.2) is 23.1 Å². The van der Waals surface area contributed by atoms with E-state index in [1.807, 2.05) is 0 Å². The largest absolute Gasteiger partial charge is 0.481 e. The van der Waals surface area contributed by atoms with E-state index in [4.69, 9.17) is 10.2 Å². The number of carboxylic acid groups (broad SMARTS) is 1. The summed E-state index contributed by atoms with van der Waals surface area (Å²) in [7, 11) is -3.87. The smallest absolute Gasteiger partial charge is 0.307 e. The number of primary sulfonamides is 1. The fraction of sp³-hybridized carbons (Fsp3) is 0.385. The van der Waals surface area contributed by atoms with Crippen LogP contribution in [0.3, 0.4) is 0 Å². The number of carbonyl (C=O) groups is 2. The number of anilines is 1. The van der Waals surface area contributed by atoms with Gasteiger partial charge in [0.1, 0.15) is 0 Å². The molecule has 0 heterocycles. The Labute approximate surface area is 123 Å². The third-order valence-electron chi connectivity index (χ3n) is 3.35. The van der Waals surface area contributed by atoms with Crippen molar-refractivity contribution >= 4 is 27.6 Å². The minimum Gasteiger partial charge on any atom is -0.481 e. The van der Waals surface area contributed by atoms with Crippen molar-refractivity contribution in [2.24, 2.45) is 17.0 Å². The maximum atomic E-state index is 12.0. The normalized spacial score (nSPS) is 14.3. The highest BCUT2D eigenvalue weighted by atomic mass is 32.2. The van der Waals surface area contributed by atoms with E-state index in [1.165, 1.54) is 32.0 Å². The van der Waals surface area contributed by atoms with Crippen molar-refractivity contribution in [1.82, 2.24) is 0 Å². The summed E-state index contributed by atoms with van der Waals surface area (Å²) in [4.78, 5) is 22.8. The number of carbonyl (C=O) groups excluding carboxylic acids is 1. The Morgan fingerprint density at radius 2 is 1.81 bits per heavy atom. The molecule has 0 aromatic heterocycles. The first-order chi connectivity index (χ1) is 9.54. The van der Waals surface area contributed by atoms with E-state index in [9.17, 15) is 18.0 Å². The Morgan fingerprint density at radius 1 is 1.24 bits per heavy atom. The second-order valence-corrected chi connectivity index (χ2v) is 6.49. The van der Waals surface area contributed by atoms with Gasteiger partial charge in [-0.1, -0.05) is 19.9 Å². The summed E-state index contributed by atoms with van der Waals surface area (Å²) in [6, 6.07) is 4.10. The summed E-state index contributed by atoms with van der Waals surface area (Å²) in [5, 5.41) is 16.5. The Hall–Kier alpha value is -1.93. The third kappa shape index (κ3) is 4.27. The molecule has 0 fully saturated rings. The summed E-state index contributed by atoms with van der Waals surface area (Å²) in [5.74, 6) is -3.20. The van der Waals surface area contributed by atoms with Crippen LogP contribution in [0.25, 0.3) is 0 Å². The summed E-state index contributed by atoms with van der Waals surface area (Å²) in [5.41, 5.74) is 0.932. The van der Waals surface area contributed by atoms with E-state index in [1.54, 1.807) is 6.92 Å². The zero-order chi connectivity index (χ0) is 16.4. The summed E-state index contributed by atoms with van der Waals surface area (Å²) in [6.45, 7) is 4.61. The van der Waals surface area contributed by atoms with Gasteiger partial charge in [-0.15, -0.1) is 0 Å². The molecule has 0 aliphatic carbocycles. The number of nitrogens with one attached hydrogen (secondary N) is 1. The molecule has 0 saturated heterocycles. The first-order valence-corrected chi connectivity index (χ1v) is 7.75. The van der Waals surface area contributed by atoms with Crippen molar-refractivity contribution in [2.45, 2.75) is 25.7 Å². The van der Waals surface area contributed by atoms with Crippen LogP contribution in [-0.4, -0.2) is 25.4 Å². The quantitative estimate of drug-likeness (QED) is 0.745. The molecule has 0 aliphatic heterocycles. The van der Waals surface area contributed by atoms with Crippen LogP contribution >= 0.6 is 0 Å². The molecule has 0 bridgehead atoms. The standard InChI is InChI=1S/C13H18N2O5S/c1-7-4-5-10(21(14,19)20)6-11(7)15-12(16)8(2)9(3)13(17)18/h4-6,8-9H,1-3H3,(H,15,16)(H,17,18)(H2,14,19,20). The molecular formula is C13H18N2O5S. The van der Waals surface area contributed by atoms with E-state index in [2.05, 4.69) is 5.32 Å². The van der Waals surface area contributed by atoms with Crippen molar-refractivity contribution in [2.75, 3.05) is 5.32 Å². The van der Waals surface area contributed by atoms with Crippen molar-refractivity contribution in [1.29, 1.82) is 0 Å². The van der Waals surface area contributed by atoms with Crippen molar-refractivity contribution < 1.29 is 23.1 Å². The summed E-state index contributed by atoms with van der Waals surface area (Å²) >= 11 is 0. The zero-order valence-corrected chi connectivity index (χ0v) is 12.8. The number of aryl methyl sites for hydroxylation is 1. The lowest BCUT2D eigenvalue weighted by atomic mass is 9.95. The predicted octanol–water partition coefficient (Wildman–Crippen LogP) is 0.938. The third-order valence-corrected chi connectivity index (χ3v) is 4.26. The number of carboxylic acids is 1. The van der Waals surface area contributed by atoms with Gasteiger partial charge in [-0.05, 0) is 24.6 Å². The maximum Gasteiger partial charge on any atom is 0.307 e. The van der Waals surface area contributed by atoms with Gasteiger partial charge in [0.05, 0.1) is 10.8 Å². The van der Waals surface area contributed by atoms with Crippen LogP contribution in [0.2, 0.25) is 0 Å². The zero-order valence-electron chi connectivity index (χ0n) is 12.0. The molecule has 0 spiro atoms. The van der Waals surface area contributed by atoms with Gasteiger partial charge in [-0.3, -0.25) is 9.59 Å². The molecule has 4 N–H and O–H groups in total. The molecule has 2 unspecified atom stereocenters. The Morgan fingerprint density at radius 3 is 2.29 bits per heavy atom. The van der Waals surface area contributed by atoms with E-state index in [-0.39, 0.29) is 10.6 Å². The van der Waals surface area contributed by atoms with Gasteiger partial charge in [0.25, 0.3) is 0 Å². The highest BCUT2D eigenvalue weighted by Crippen LogP contribution is 2.21. The summed E-state index contributed by atoms with van der Waals surface area (Å²) < 4.78 is 22.6. The lowest BCUT2D eigenvalue weighted by Gasteiger charge is -2.17. The average molecular weight is 314 g/mol. The second kappa shape index (κ2) is 6.23. The molecule has 0 radical (unpaired) electrons. The van der Waals surface area contributed by atoms with Crippen molar-refractivity contribution in [3.05, 3.63) is 23.8 Å². The minimum atomic E-state index is -3.87. The average Bonchev–Trinajstić information content (AvgIpc) is 2.37.